The summed E-state index contributed by atoms with van der Waals surface area (Å²) in [5.41, 5.74) is 5.82. The van der Waals surface area contributed by atoms with Gasteiger partial charge >= 0.3 is 0 Å². The molecule has 0 spiro atoms. The van der Waals surface area contributed by atoms with Gasteiger partial charge < -0.3 is 15.4 Å². The average molecular weight is 228 g/mol. The second-order valence-electron chi connectivity index (χ2n) is 4.62. The Balaban J connectivity index is 2.56. The van der Waals surface area contributed by atoms with Gasteiger partial charge in [0.25, 0.3) is 0 Å². The highest BCUT2D eigenvalue weighted by Gasteiger charge is 2.29. The Labute approximate surface area is 98.1 Å². The molecule has 4 nitrogen and oxygen atoms in total. The Kier molecular flexibility index (Phi) is 5.22. The van der Waals surface area contributed by atoms with Crippen molar-refractivity contribution in [2.75, 3.05) is 13.2 Å². The number of amides is 1. The molecule has 0 radical (unpaired) electrons. The third-order valence-electron chi connectivity index (χ3n) is 3.22. The minimum absolute atomic E-state index is 0.0110. The standard InChI is InChI=1S/C12H24N2O2/c1-4-10(13)6-12(15)14-7-9(3)16-8-11(14)5-2/h9-11H,4-8,13H2,1-3H3. The molecule has 0 aromatic rings. The molecule has 16 heavy (non-hydrogen) atoms. The lowest BCUT2D eigenvalue weighted by molar-refractivity contribution is -0.144. The van der Waals surface area contributed by atoms with Gasteiger partial charge in [0.05, 0.1) is 18.8 Å². The van der Waals surface area contributed by atoms with Crippen LogP contribution in [0.15, 0.2) is 0 Å². The van der Waals surface area contributed by atoms with Gasteiger partial charge in [0.2, 0.25) is 5.91 Å². The molecule has 0 aliphatic carbocycles. The predicted octanol–water partition coefficient (Wildman–Crippen LogP) is 1.14. The van der Waals surface area contributed by atoms with Crippen LogP contribution in [0, 0.1) is 0 Å². The fourth-order valence-electron chi connectivity index (χ4n) is 1.97. The number of ether oxygens (including phenoxy) is 1. The number of hydrogen-bond acceptors (Lipinski definition) is 3. The lowest BCUT2D eigenvalue weighted by Gasteiger charge is -2.38. The van der Waals surface area contributed by atoms with Crippen LogP contribution < -0.4 is 5.73 Å². The largest absolute Gasteiger partial charge is 0.375 e. The van der Waals surface area contributed by atoms with E-state index in [2.05, 4.69) is 6.92 Å². The Morgan fingerprint density at radius 1 is 1.56 bits per heavy atom. The summed E-state index contributed by atoms with van der Waals surface area (Å²) in [6.07, 6.45) is 2.40. The second kappa shape index (κ2) is 6.21. The van der Waals surface area contributed by atoms with Crippen LogP contribution in [0.3, 0.4) is 0 Å². The minimum Gasteiger partial charge on any atom is -0.375 e. The Morgan fingerprint density at radius 2 is 2.25 bits per heavy atom. The van der Waals surface area contributed by atoms with Crippen molar-refractivity contribution < 1.29 is 9.53 Å². The minimum atomic E-state index is -0.0110. The van der Waals surface area contributed by atoms with E-state index in [-0.39, 0.29) is 24.1 Å². The Morgan fingerprint density at radius 3 is 2.81 bits per heavy atom. The third-order valence-corrected chi connectivity index (χ3v) is 3.22. The monoisotopic (exact) mass is 228 g/mol. The smallest absolute Gasteiger partial charge is 0.224 e. The van der Waals surface area contributed by atoms with Crippen molar-refractivity contribution in [1.82, 2.24) is 4.90 Å². The quantitative estimate of drug-likeness (QED) is 0.785. The molecule has 0 aromatic heterocycles. The molecule has 1 heterocycles. The fraction of sp³-hybridized carbons (Fsp3) is 0.917. The molecule has 0 saturated carbocycles. The zero-order valence-electron chi connectivity index (χ0n) is 10.6. The summed E-state index contributed by atoms with van der Waals surface area (Å²) in [6.45, 7) is 7.46. The van der Waals surface area contributed by atoms with Gasteiger partial charge in [0.15, 0.2) is 0 Å². The summed E-state index contributed by atoms with van der Waals surface area (Å²) < 4.78 is 5.57. The number of rotatable bonds is 4. The number of morpholine rings is 1. The van der Waals surface area contributed by atoms with Crippen molar-refractivity contribution in [1.29, 1.82) is 0 Å². The Hall–Kier alpha value is -0.610. The van der Waals surface area contributed by atoms with Gasteiger partial charge in [0.1, 0.15) is 0 Å². The molecule has 1 amide bonds. The molecule has 0 aromatic carbocycles. The van der Waals surface area contributed by atoms with Crippen molar-refractivity contribution >= 4 is 5.91 Å². The lowest BCUT2D eigenvalue weighted by atomic mass is 10.1. The molecule has 3 unspecified atom stereocenters. The van der Waals surface area contributed by atoms with E-state index in [9.17, 15) is 4.79 Å². The van der Waals surface area contributed by atoms with Crippen LogP contribution in [0.2, 0.25) is 0 Å². The normalized spacial score (nSPS) is 27.9. The van der Waals surface area contributed by atoms with Crippen molar-refractivity contribution in [2.24, 2.45) is 5.73 Å². The molecular weight excluding hydrogens is 204 g/mol. The lowest BCUT2D eigenvalue weighted by Crippen LogP contribution is -2.52. The molecule has 2 N–H and O–H groups in total. The summed E-state index contributed by atoms with van der Waals surface area (Å²) >= 11 is 0. The summed E-state index contributed by atoms with van der Waals surface area (Å²) in [5.74, 6) is 0.177. The second-order valence-corrected chi connectivity index (χ2v) is 4.62. The molecule has 3 atom stereocenters. The first kappa shape index (κ1) is 13.5. The SMILES string of the molecule is CCC(N)CC(=O)N1CC(C)OCC1CC. The molecular formula is C12H24N2O2. The first-order valence-corrected chi connectivity index (χ1v) is 6.25. The summed E-state index contributed by atoms with van der Waals surface area (Å²) in [5, 5.41) is 0. The first-order valence-electron chi connectivity index (χ1n) is 6.25. The molecule has 1 aliphatic heterocycles. The van der Waals surface area contributed by atoms with Crippen LogP contribution in [0.25, 0.3) is 0 Å². The summed E-state index contributed by atoms with van der Waals surface area (Å²) in [7, 11) is 0. The maximum absolute atomic E-state index is 12.1. The van der Waals surface area contributed by atoms with Gasteiger partial charge in [-0.3, -0.25) is 4.79 Å². The van der Waals surface area contributed by atoms with Crippen LogP contribution in [-0.2, 0) is 9.53 Å². The molecule has 1 aliphatic rings. The Bertz CT molecular complexity index is 233. The highest BCUT2D eigenvalue weighted by Crippen LogP contribution is 2.16. The zero-order valence-corrected chi connectivity index (χ0v) is 10.6. The van der Waals surface area contributed by atoms with E-state index in [0.717, 1.165) is 12.8 Å². The van der Waals surface area contributed by atoms with E-state index in [0.29, 0.717) is 19.6 Å². The van der Waals surface area contributed by atoms with Crippen molar-refractivity contribution in [3.63, 3.8) is 0 Å². The van der Waals surface area contributed by atoms with E-state index >= 15 is 0 Å². The molecule has 1 rings (SSSR count). The molecule has 94 valence electrons. The summed E-state index contributed by atoms with van der Waals surface area (Å²) in [6, 6.07) is 0.218. The van der Waals surface area contributed by atoms with Gasteiger partial charge in [-0.25, -0.2) is 0 Å². The van der Waals surface area contributed by atoms with E-state index < -0.39 is 0 Å². The van der Waals surface area contributed by atoms with Crippen LogP contribution in [-0.4, -0.2) is 42.1 Å². The van der Waals surface area contributed by atoms with Crippen LogP contribution in [0.5, 0.6) is 0 Å². The summed E-state index contributed by atoms with van der Waals surface area (Å²) in [4.78, 5) is 14.0. The highest BCUT2D eigenvalue weighted by atomic mass is 16.5. The van der Waals surface area contributed by atoms with Gasteiger partial charge in [-0.05, 0) is 19.8 Å². The van der Waals surface area contributed by atoms with Crippen LogP contribution in [0.1, 0.15) is 40.0 Å². The topological polar surface area (TPSA) is 55.6 Å². The van der Waals surface area contributed by atoms with Crippen LogP contribution >= 0.6 is 0 Å². The van der Waals surface area contributed by atoms with Gasteiger partial charge in [-0.15, -0.1) is 0 Å². The zero-order chi connectivity index (χ0) is 12.1. The highest BCUT2D eigenvalue weighted by molar-refractivity contribution is 5.77. The maximum Gasteiger partial charge on any atom is 0.224 e. The van der Waals surface area contributed by atoms with E-state index in [4.69, 9.17) is 10.5 Å². The molecule has 0 bridgehead atoms. The van der Waals surface area contributed by atoms with Crippen molar-refractivity contribution in [3.8, 4) is 0 Å². The van der Waals surface area contributed by atoms with E-state index in [1.807, 2.05) is 18.7 Å². The fourth-order valence-corrected chi connectivity index (χ4v) is 1.97. The van der Waals surface area contributed by atoms with E-state index in [1.54, 1.807) is 0 Å². The molecule has 1 fully saturated rings. The van der Waals surface area contributed by atoms with Crippen LogP contribution in [0.4, 0.5) is 0 Å². The number of carbonyl (C=O) groups is 1. The van der Waals surface area contributed by atoms with Crippen molar-refractivity contribution in [2.45, 2.75) is 58.2 Å². The number of carbonyl (C=O) groups excluding carboxylic acids is 1. The van der Waals surface area contributed by atoms with Gasteiger partial charge in [-0.1, -0.05) is 13.8 Å². The van der Waals surface area contributed by atoms with E-state index in [1.165, 1.54) is 0 Å². The predicted molar refractivity (Wildman–Crippen MR) is 64.1 cm³/mol. The average Bonchev–Trinajstić information content (AvgIpc) is 2.28. The number of nitrogens with two attached hydrogens (primary N) is 1. The molecule has 4 heteroatoms. The van der Waals surface area contributed by atoms with Crippen molar-refractivity contribution in [3.05, 3.63) is 0 Å². The maximum atomic E-state index is 12.1. The first-order chi connectivity index (χ1) is 7.58. The molecule has 1 saturated heterocycles. The van der Waals surface area contributed by atoms with Gasteiger partial charge in [-0.2, -0.15) is 0 Å². The third kappa shape index (κ3) is 3.46. The number of hydrogen-bond donors (Lipinski definition) is 1. The number of nitrogens with zero attached hydrogens (tertiary/aromatic N) is 1. The van der Waals surface area contributed by atoms with Gasteiger partial charge in [0, 0.05) is 19.0 Å².